The molecule has 3 heterocycles. The zero-order valence-electron chi connectivity index (χ0n) is 17.0. The molecule has 0 N–H and O–H groups in total. The van der Waals surface area contributed by atoms with Crippen LogP contribution in [0.4, 0.5) is 0 Å². The molecule has 2 aliphatic rings. The third kappa shape index (κ3) is 5.36. The summed E-state index contributed by atoms with van der Waals surface area (Å²) in [6.45, 7) is 5.79. The molecule has 1 aromatic carbocycles. The lowest BCUT2D eigenvalue weighted by molar-refractivity contribution is -0.137. The van der Waals surface area contributed by atoms with E-state index >= 15 is 0 Å². The smallest absolute Gasteiger partial charge is 0.246 e. The van der Waals surface area contributed by atoms with Gasteiger partial charge in [0.05, 0.1) is 19.8 Å². The van der Waals surface area contributed by atoms with Gasteiger partial charge in [0.2, 0.25) is 11.8 Å². The van der Waals surface area contributed by atoms with Crippen molar-refractivity contribution >= 4 is 29.2 Å². The van der Waals surface area contributed by atoms with Crippen LogP contribution in [0.3, 0.4) is 0 Å². The summed E-state index contributed by atoms with van der Waals surface area (Å²) in [6, 6.07) is 14.4. The molecular weight excluding hydrogens is 398 g/mol. The highest BCUT2D eigenvalue weighted by Gasteiger charge is 2.24. The van der Waals surface area contributed by atoms with Crippen molar-refractivity contribution in [3.63, 3.8) is 0 Å². The predicted molar refractivity (Wildman–Crippen MR) is 119 cm³/mol. The molecule has 2 saturated heterocycles. The molecule has 158 valence electrons. The number of hydrogen-bond donors (Lipinski definition) is 0. The van der Waals surface area contributed by atoms with E-state index in [2.05, 4.69) is 23.1 Å². The van der Waals surface area contributed by atoms with Crippen LogP contribution >= 0.6 is 11.3 Å². The van der Waals surface area contributed by atoms with Crippen molar-refractivity contribution < 1.29 is 14.3 Å². The number of ether oxygens (including phenoxy) is 1. The lowest BCUT2D eigenvalue weighted by Gasteiger charge is -2.35. The maximum absolute atomic E-state index is 12.6. The Kier molecular flexibility index (Phi) is 6.94. The number of piperazine rings is 1. The summed E-state index contributed by atoms with van der Waals surface area (Å²) in [7, 11) is 0. The lowest BCUT2D eigenvalue weighted by Crippen LogP contribution is -2.52. The van der Waals surface area contributed by atoms with Gasteiger partial charge in [0.25, 0.3) is 0 Å². The number of nitrogens with zero attached hydrogens (tertiary/aromatic N) is 3. The molecular formula is C23H27N3O3S. The Morgan fingerprint density at radius 1 is 0.900 bits per heavy atom. The van der Waals surface area contributed by atoms with Gasteiger partial charge in [-0.1, -0.05) is 30.3 Å². The summed E-state index contributed by atoms with van der Waals surface area (Å²) in [4.78, 5) is 33.1. The fourth-order valence-corrected chi connectivity index (χ4v) is 4.61. The van der Waals surface area contributed by atoms with Crippen molar-refractivity contribution in [1.82, 2.24) is 14.7 Å². The number of morpholine rings is 1. The molecule has 6 nitrogen and oxygen atoms in total. The van der Waals surface area contributed by atoms with Gasteiger partial charge in [-0.2, -0.15) is 0 Å². The molecule has 2 aromatic rings. The Bertz CT molecular complexity index is 882. The standard InChI is InChI=1S/C23H27N3O3S/c27-22(9-7-20-6-8-21(30-20)19-4-2-1-3-5-19)25-12-10-24(11-13-25)18-23(28)26-14-16-29-17-15-26/h1-9H,10-18H2. The number of benzene rings is 1. The number of carbonyl (C=O) groups excluding carboxylic acids is 2. The summed E-state index contributed by atoms with van der Waals surface area (Å²) in [6.07, 6.45) is 3.56. The average Bonchev–Trinajstić information content (AvgIpc) is 3.28. The predicted octanol–water partition coefficient (Wildman–Crippen LogP) is 2.43. The molecule has 2 fully saturated rings. The van der Waals surface area contributed by atoms with E-state index in [1.807, 2.05) is 40.1 Å². The monoisotopic (exact) mass is 425 g/mol. The molecule has 7 heteroatoms. The number of hydrogen-bond acceptors (Lipinski definition) is 5. The van der Waals surface area contributed by atoms with E-state index in [-0.39, 0.29) is 11.8 Å². The van der Waals surface area contributed by atoms with Crippen LogP contribution in [0.1, 0.15) is 4.88 Å². The number of rotatable bonds is 5. The van der Waals surface area contributed by atoms with Crippen LogP contribution in [0.5, 0.6) is 0 Å². The van der Waals surface area contributed by atoms with Gasteiger partial charge < -0.3 is 14.5 Å². The first-order valence-corrected chi connectivity index (χ1v) is 11.2. The minimum absolute atomic E-state index is 0.0313. The number of thiophene rings is 1. The maximum atomic E-state index is 12.6. The van der Waals surface area contributed by atoms with Crippen LogP contribution in [0.2, 0.25) is 0 Å². The van der Waals surface area contributed by atoms with Gasteiger partial charge in [0.1, 0.15) is 0 Å². The van der Waals surface area contributed by atoms with Gasteiger partial charge in [-0.15, -0.1) is 11.3 Å². The quantitative estimate of drug-likeness (QED) is 0.691. The van der Waals surface area contributed by atoms with Crippen LogP contribution in [-0.4, -0.2) is 85.5 Å². The molecule has 0 atom stereocenters. The van der Waals surface area contributed by atoms with Crippen molar-refractivity contribution in [1.29, 1.82) is 0 Å². The van der Waals surface area contributed by atoms with Crippen LogP contribution in [0.25, 0.3) is 16.5 Å². The fourth-order valence-electron chi connectivity index (χ4n) is 3.69. The number of amides is 2. The first-order valence-electron chi connectivity index (χ1n) is 10.4. The van der Waals surface area contributed by atoms with E-state index in [0.29, 0.717) is 45.9 Å². The van der Waals surface area contributed by atoms with Crippen LogP contribution in [0.15, 0.2) is 48.5 Å². The fraction of sp³-hybridized carbons (Fsp3) is 0.391. The summed E-state index contributed by atoms with van der Waals surface area (Å²) >= 11 is 1.68. The highest BCUT2D eigenvalue weighted by Crippen LogP contribution is 2.28. The van der Waals surface area contributed by atoms with Gasteiger partial charge >= 0.3 is 0 Å². The Hall–Kier alpha value is -2.48. The zero-order chi connectivity index (χ0) is 20.8. The summed E-state index contributed by atoms with van der Waals surface area (Å²) in [5, 5.41) is 0. The zero-order valence-corrected chi connectivity index (χ0v) is 17.9. The molecule has 0 radical (unpaired) electrons. The van der Waals surface area contributed by atoms with E-state index in [0.717, 1.165) is 18.0 Å². The highest BCUT2D eigenvalue weighted by atomic mass is 32.1. The Morgan fingerprint density at radius 3 is 2.37 bits per heavy atom. The highest BCUT2D eigenvalue weighted by molar-refractivity contribution is 7.16. The second-order valence-electron chi connectivity index (χ2n) is 7.50. The molecule has 30 heavy (non-hydrogen) atoms. The minimum atomic E-state index is 0.0313. The summed E-state index contributed by atoms with van der Waals surface area (Å²) in [5.74, 6) is 0.189. The van der Waals surface area contributed by atoms with E-state index in [1.54, 1.807) is 17.4 Å². The molecule has 0 bridgehead atoms. The minimum Gasteiger partial charge on any atom is -0.378 e. The van der Waals surface area contributed by atoms with Crippen molar-refractivity contribution in [2.24, 2.45) is 0 Å². The van der Waals surface area contributed by atoms with Crippen LogP contribution < -0.4 is 0 Å². The van der Waals surface area contributed by atoms with E-state index in [9.17, 15) is 9.59 Å². The molecule has 2 amide bonds. The molecule has 0 saturated carbocycles. The van der Waals surface area contributed by atoms with Gasteiger partial charge in [0.15, 0.2) is 0 Å². The van der Waals surface area contributed by atoms with Crippen molar-refractivity contribution in [2.75, 3.05) is 59.0 Å². The van der Waals surface area contributed by atoms with Crippen molar-refractivity contribution in [3.05, 3.63) is 53.4 Å². The second kappa shape index (κ2) is 10.0. The van der Waals surface area contributed by atoms with Crippen molar-refractivity contribution in [3.8, 4) is 10.4 Å². The molecule has 0 spiro atoms. The van der Waals surface area contributed by atoms with Gasteiger partial charge in [-0.25, -0.2) is 0 Å². The summed E-state index contributed by atoms with van der Waals surface area (Å²) < 4.78 is 5.30. The number of carbonyl (C=O) groups is 2. The topological polar surface area (TPSA) is 53.1 Å². The molecule has 0 aliphatic carbocycles. The lowest BCUT2D eigenvalue weighted by atomic mass is 10.2. The van der Waals surface area contributed by atoms with Crippen molar-refractivity contribution in [2.45, 2.75) is 0 Å². The third-order valence-corrected chi connectivity index (χ3v) is 6.58. The van der Waals surface area contributed by atoms with Crippen LogP contribution in [0, 0.1) is 0 Å². The first-order chi connectivity index (χ1) is 14.7. The molecule has 4 rings (SSSR count). The largest absolute Gasteiger partial charge is 0.378 e. The Morgan fingerprint density at radius 2 is 1.63 bits per heavy atom. The van der Waals surface area contributed by atoms with E-state index in [1.165, 1.54) is 10.4 Å². The van der Waals surface area contributed by atoms with E-state index in [4.69, 9.17) is 4.74 Å². The molecule has 2 aliphatic heterocycles. The Labute approximate surface area is 181 Å². The molecule has 0 unspecified atom stereocenters. The Balaban J connectivity index is 1.24. The van der Waals surface area contributed by atoms with Gasteiger partial charge in [-0.3, -0.25) is 14.5 Å². The average molecular weight is 426 g/mol. The first kappa shape index (κ1) is 20.8. The summed E-state index contributed by atoms with van der Waals surface area (Å²) in [5.41, 5.74) is 1.19. The third-order valence-electron chi connectivity index (χ3n) is 5.48. The SMILES string of the molecule is O=C(C=Cc1ccc(-c2ccccc2)s1)N1CCN(CC(=O)N2CCOCC2)CC1. The maximum Gasteiger partial charge on any atom is 0.246 e. The van der Waals surface area contributed by atoms with Crippen LogP contribution in [-0.2, 0) is 14.3 Å². The second-order valence-corrected chi connectivity index (χ2v) is 8.61. The normalized spacial score (nSPS) is 18.1. The van der Waals surface area contributed by atoms with Gasteiger partial charge in [-0.05, 0) is 23.8 Å². The van der Waals surface area contributed by atoms with Gasteiger partial charge in [0, 0.05) is 55.1 Å². The van der Waals surface area contributed by atoms with E-state index < -0.39 is 0 Å². The molecule has 1 aromatic heterocycles.